The quantitative estimate of drug-likeness (QED) is 0.813. The number of thiazole rings is 1. The fraction of sp³-hybridized carbons (Fsp3) is 0.545. The van der Waals surface area contributed by atoms with Crippen molar-refractivity contribution in [3.8, 4) is 0 Å². The normalized spacial score (nSPS) is 26.3. The van der Waals surface area contributed by atoms with Gasteiger partial charge in [0.2, 0.25) is 11.8 Å². The van der Waals surface area contributed by atoms with Crippen LogP contribution in [0.25, 0.3) is 0 Å². The maximum Gasteiger partial charge on any atom is 0.233 e. The Balaban J connectivity index is 1.70. The molecule has 2 unspecified atom stereocenters. The van der Waals surface area contributed by atoms with E-state index in [0.717, 1.165) is 23.0 Å². The van der Waals surface area contributed by atoms with Gasteiger partial charge in [0.05, 0.1) is 18.4 Å². The second kappa shape index (κ2) is 3.80. The van der Waals surface area contributed by atoms with Gasteiger partial charge in [-0.15, -0.1) is 11.3 Å². The van der Waals surface area contributed by atoms with Crippen molar-refractivity contribution in [3.05, 3.63) is 11.1 Å². The van der Waals surface area contributed by atoms with Crippen molar-refractivity contribution in [2.24, 2.45) is 11.8 Å². The molecular weight excluding hydrogens is 238 g/mol. The van der Waals surface area contributed by atoms with E-state index in [4.69, 9.17) is 0 Å². The first-order valence-electron chi connectivity index (χ1n) is 5.74. The summed E-state index contributed by atoms with van der Waals surface area (Å²) in [5, 5.41) is 3.95. The molecule has 1 aliphatic heterocycles. The van der Waals surface area contributed by atoms with Gasteiger partial charge >= 0.3 is 0 Å². The van der Waals surface area contributed by atoms with Crippen molar-refractivity contribution in [2.45, 2.75) is 19.9 Å². The zero-order chi connectivity index (χ0) is 12.0. The molecule has 2 aliphatic rings. The largest absolute Gasteiger partial charge is 0.362 e. The predicted octanol–water partition coefficient (Wildman–Crippen LogP) is 1.08. The van der Waals surface area contributed by atoms with E-state index in [9.17, 15) is 9.59 Å². The Morgan fingerprint density at radius 3 is 2.82 bits per heavy atom. The first-order chi connectivity index (χ1) is 8.20. The highest BCUT2D eigenvalue weighted by molar-refractivity contribution is 7.15. The van der Waals surface area contributed by atoms with E-state index in [0.29, 0.717) is 6.54 Å². The molecule has 0 radical (unpaired) electrons. The molecule has 0 aromatic carbocycles. The van der Waals surface area contributed by atoms with Gasteiger partial charge in [0.15, 0.2) is 5.13 Å². The lowest BCUT2D eigenvalue weighted by Gasteiger charge is -2.14. The highest BCUT2D eigenvalue weighted by atomic mass is 32.1. The van der Waals surface area contributed by atoms with Gasteiger partial charge in [-0.1, -0.05) is 0 Å². The molecular formula is C11H13N3O2S. The van der Waals surface area contributed by atoms with E-state index < -0.39 is 0 Å². The molecule has 1 aromatic heterocycles. The van der Waals surface area contributed by atoms with E-state index in [2.05, 4.69) is 10.3 Å². The van der Waals surface area contributed by atoms with Crippen LogP contribution in [0.15, 0.2) is 6.20 Å². The number of fused-ring (bicyclic) bond motifs is 1. The summed E-state index contributed by atoms with van der Waals surface area (Å²) in [5.41, 5.74) is 0. The topological polar surface area (TPSA) is 62.3 Å². The maximum atomic E-state index is 11.8. The van der Waals surface area contributed by atoms with Gasteiger partial charge in [0.1, 0.15) is 0 Å². The third-order valence-corrected chi connectivity index (χ3v) is 4.09. The molecule has 1 N–H and O–H groups in total. The van der Waals surface area contributed by atoms with Crippen molar-refractivity contribution < 1.29 is 9.59 Å². The van der Waals surface area contributed by atoms with Gasteiger partial charge in [-0.05, 0) is 13.3 Å². The Bertz CT molecular complexity index is 465. The van der Waals surface area contributed by atoms with Crippen molar-refractivity contribution in [1.29, 1.82) is 0 Å². The van der Waals surface area contributed by atoms with Gasteiger partial charge in [0, 0.05) is 17.6 Å². The van der Waals surface area contributed by atoms with E-state index in [-0.39, 0.29) is 23.7 Å². The number of nitrogens with zero attached hydrogens (tertiary/aromatic N) is 2. The molecule has 3 rings (SSSR count). The Kier molecular flexibility index (Phi) is 2.39. The van der Waals surface area contributed by atoms with Crippen LogP contribution in [0.3, 0.4) is 0 Å². The summed E-state index contributed by atoms with van der Waals surface area (Å²) < 4.78 is 0. The number of aromatic nitrogens is 1. The molecule has 2 heterocycles. The van der Waals surface area contributed by atoms with Crippen LogP contribution in [0.1, 0.15) is 18.2 Å². The number of nitrogens with one attached hydrogen (secondary N) is 1. The number of rotatable bonds is 4. The lowest BCUT2D eigenvalue weighted by molar-refractivity contribution is -0.141. The highest BCUT2D eigenvalue weighted by Gasteiger charge is 2.58. The summed E-state index contributed by atoms with van der Waals surface area (Å²) in [5.74, 6) is -0.0240. The number of hydrogen-bond donors (Lipinski definition) is 1. The lowest BCUT2D eigenvalue weighted by atomic mass is 10.4. The second-order valence-corrected chi connectivity index (χ2v) is 5.49. The monoisotopic (exact) mass is 251 g/mol. The Morgan fingerprint density at radius 2 is 2.18 bits per heavy atom. The minimum atomic E-state index is -0.0105. The fourth-order valence-electron chi connectivity index (χ4n) is 2.18. The summed E-state index contributed by atoms with van der Waals surface area (Å²) in [6, 6.07) is 0. The minimum Gasteiger partial charge on any atom is -0.362 e. The number of anilines is 1. The molecule has 1 aliphatic carbocycles. The van der Waals surface area contributed by atoms with Crippen LogP contribution in [0, 0.1) is 11.8 Å². The Labute approximate surface area is 103 Å². The van der Waals surface area contributed by atoms with Crippen LogP contribution in [-0.4, -0.2) is 28.2 Å². The number of imide groups is 1. The number of carbonyl (C=O) groups is 2. The van der Waals surface area contributed by atoms with Gasteiger partial charge in [-0.2, -0.15) is 0 Å². The maximum absolute atomic E-state index is 11.8. The van der Waals surface area contributed by atoms with Crippen LogP contribution in [-0.2, 0) is 16.1 Å². The predicted molar refractivity (Wildman–Crippen MR) is 63.4 cm³/mol. The van der Waals surface area contributed by atoms with Crippen LogP contribution in [0.2, 0.25) is 0 Å². The second-order valence-electron chi connectivity index (χ2n) is 4.37. The molecule has 17 heavy (non-hydrogen) atoms. The average molecular weight is 251 g/mol. The van der Waals surface area contributed by atoms with E-state index in [1.54, 1.807) is 6.20 Å². The zero-order valence-electron chi connectivity index (χ0n) is 9.47. The molecule has 1 aromatic rings. The van der Waals surface area contributed by atoms with Crippen LogP contribution in [0.5, 0.6) is 0 Å². The SMILES string of the molecule is CCNc1ncc(CN2C(=O)C3CC3C2=O)s1. The molecule has 2 fully saturated rings. The van der Waals surface area contributed by atoms with Crippen LogP contribution in [0.4, 0.5) is 5.13 Å². The van der Waals surface area contributed by atoms with Gasteiger partial charge in [-0.3, -0.25) is 14.5 Å². The molecule has 6 heteroatoms. The minimum absolute atomic E-state index is 0.00148. The molecule has 90 valence electrons. The van der Waals surface area contributed by atoms with Crippen molar-refractivity contribution in [1.82, 2.24) is 9.88 Å². The van der Waals surface area contributed by atoms with E-state index in [1.807, 2.05) is 6.92 Å². The molecule has 5 nitrogen and oxygen atoms in total. The number of likely N-dealkylation sites (tertiary alicyclic amines) is 1. The first kappa shape index (κ1) is 10.7. The molecule has 1 saturated heterocycles. The summed E-state index contributed by atoms with van der Waals surface area (Å²) in [6.07, 6.45) is 2.49. The van der Waals surface area contributed by atoms with Crippen LogP contribution < -0.4 is 5.32 Å². The van der Waals surface area contributed by atoms with Gasteiger partial charge in [-0.25, -0.2) is 4.98 Å². The third-order valence-electron chi connectivity index (χ3n) is 3.15. The molecule has 0 bridgehead atoms. The lowest BCUT2D eigenvalue weighted by Crippen LogP contribution is -2.31. The number of carbonyl (C=O) groups excluding carboxylic acids is 2. The summed E-state index contributed by atoms with van der Waals surface area (Å²) >= 11 is 1.50. The standard InChI is InChI=1S/C11H13N3O2S/c1-2-12-11-13-4-6(17-11)5-14-9(15)7-3-8(7)10(14)16/h4,7-8H,2-3,5H2,1H3,(H,12,13). The van der Waals surface area contributed by atoms with E-state index >= 15 is 0 Å². The van der Waals surface area contributed by atoms with Gasteiger partial charge in [0.25, 0.3) is 0 Å². The van der Waals surface area contributed by atoms with E-state index in [1.165, 1.54) is 16.2 Å². The number of hydrogen-bond acceptors (Lipinski definition) is 5. The van der Waals surface area contributed by atoms with Crippen molar-refractivity contribution in [2.75, 3.05) is 11.9 Å². The zero-order valence-corrected chi connectivity index (χ0v) is 10.3. The van der Waals surface area contributed by atoms with Gasteiger partial charge < -0.3 is 5.32 Å². The molecule has 1 saturated carbocycles. The molecule has 2 amide bonds. The summed E-state index contributed by atoms with van der Waals surface area (Å²) in [6.45, 7) is 3.20. The number of piperidine rings is 1. The Morgan fingerprint density at radius 1 is 1.47 bits per heavy atom. The first-order valence-corrected chi connectivity index (χ1v) is 6.56. The summed E-state index contributed by atoms with van der Waals surface area (Å²) in [4.78, 5) is 30.0. The molecule has 2 atom stereocenters. The number of amides is 2. The van der Waals surface area contributed by atoms with Crippen molar-refractivity contribution >= 4 is 28.3 Å². The smallest absolute Gasteiger partial charge is 0.233 e. The fourth-order valence-corrected chi connectivity index (χ4v) is 3.04. The molecule has 0 spiro atoms. The average Bonchev–Trinajstić information content (AvgIpc) is 2.94. The Hall–Kier alpha value is -1.43. The van der Waals surface area contributed by atoms with Crippen LogP contribution >= 0.6 is 11.3 Å². The third kappa shape index (κ3) is 1.72. The summed E-state index contributed by atoms with van der Waals surface area (Å²) in [7, 11) is 0. The van der Waals surface area contributed by atoms with Crippen molar-refractivity contribution in [3.63, 3.8) is 0 Å². The highest BCUT2D eigenvalue weighted by Crippen LogP contribution is 2.47.